The van der Waals surface area contributed by atoms with Crippen LogP contribution in [-0.2, 0) is 0 Å². The highest BCUT2D eigenvalue weighted by Crippen LogP contribution is 2.10. The van der Waals surface area contributed by atoms with Gasteiger partial charge in [0.25, 0.3) is 0 Å². The van der Waals surface area contributed by atoms with Crippen LogP contribution in [0.15, 0.2) is 18.3 Å². The van der Waals surface area contributed by atoms with E-state index in [0.29, 0.717) is 5.56 Å². The standard InChI is InChI=1S/C11H14N4.2ClH/c1-8(13)3-2-4-9-5-10(6-12)11(14)15-7-9;;/h2,4-5,7-8H,3,13H2,1H3,(H2,14,15);2*1H/b4-2+;;/t8-;;/m0../s1. The second-order valence-corrected chi connectivity index (χ2v) is 3.43. The van der Waals surface area contributed by atoms with E-state index in [1.165, 1.54) is 0 Å². The molecule has 1 rings (SSSR count). The Balaban J connectivity index is 0. The zero-order chi connectivity index (χ0) is 11.3. The molecule has 1 aromatic heterocycles. The molecule has 1 heterocycles. The largest absolute Gasteiger partial charge is 0.383 e. The Bertz CT molecular complexity index is 410. The number of pyridine rings is 1. The van der Waals surface area contributed by atoms with Crippen molar-refractivity contribution in [2.75, 3.05) is 5.73 Å². The molecule has 0 bridgehead atoms. The van der Waals surface area contributed by atoms with Gasteiger partial charge in [0.1, 0.15) is 11.9 Å². The predicted octanol–water partition coefficient (Wildman–Crippen LogP) is 2.13. The van der Waals surface area contributed by atoms with Gasteiger partial charge in [0.15, 0.2) is 0 Å². The number of hydrogen-bond acceptors (Lipinski definition) is 4. The van der Waals surface area contributed by atoms with Crippen molar-refractivity contribution in [2.45, 2.75) is 19.4 Å². The van der Waals surface area contributed by atoms with Crippen molar-refractivity contribution in [3.05, 3.63) is 29.5 Å². The predicted molar refractivity (Wildman–Crippen MR) is 75.2 cm³/mol. The van der Waals surface area contributed by atoms with E-state index in [2.05, 4.69) is 4.98 Å². The number of nitriles is 1. The Kier molecular flexibility index (Phi) is 9.39. The summed E-state index contributed by atoms with van der Waals surface area (Å²) in [6.07, 6.45) is 6.27. The quantitative estimate of drug-likeness (QED) is 0.884. The van der Waals surface area contributed by atoms with E-state index in [4.69, 9.17) is 16.7 Å². The molecule has 0 amide bonds. The van der Waals surface area contributed by atoms with Crippen molar-refractivity contribution in [3.63, 3.8) is 0 Å². The van der Waals surface area contributed by atoms with Crippen molar-refractivity contribution < 1.29 is 0 Å². The molecule has 0 fully saturated rings. The number of anilines is 1. The van der Waals surface area contributed by atoms with Crippen LogP contribution < -0.4 is 11.5 Å². The maximum atomic E-state index is 8.74. The molecule has 4 N–H and O–H groups in total. The summed E-state index contributed by atoms with van der Waals surface area (Å²) >= 11 is 0. The summed E-state index contributed by atoms with van der Waals surface area (Å²) in [7, 11) is 0. The molecular weight excluding hydrogens is 259 g/mol. The summed E-state index contributed by atoms with van der Waals surface area (Å²) in [5.41, 5.74) is 12.4. The molecule has 0 aliphatic heterocycles. The van der Waals surface area contributed by atoms with Crippen LogP contribution >= 0.6 is 24.8 Å². The Morgan fingerprint density at radius 3 is 2.71 bits per heavy atom. The molecule has 6 heteroatoms. The van der Waals surface area contributed by atoms with Crippen molar-refractivity contribution in [1.29, 1.82) is 5.26 Å². The zero-order valence-corrected chi connectivity index (χ0v) is 11.1. The van der Waals surface area contributed by atoms with E-state index in [0.717, 1.165) is 12.0 Å². The summed E-state index contributed by atoms with van der Waals surface area (Å²) in [4.78, 5) is 3.92. The van der Waals surface area contributed by atoms with Gasteiger partial charge in [0.2, 0.25) is 0 Å². The van der Waals surface area contributed by atoms with Crippen LogP contribution in [0.5, 0.6) is 0 Å². The first-order valence-corrected chi connectivity index (χ1v) is 4.71. The van der Waals surface area contributed by atoms with Gasteiger partial charge in [-0.25, -0.2) is 4.98 Å². The fourth-order valence-electron chi connectivity index (χ4n) is 1.09. The number of aromatic nitrogens is 1. The number of halogens is 2. The minimum Gasteiger partial charge on any atom is -0.383 e. The minimum atomic E-state index is 0. The van der Waals surface area contributed by atoms with E-state index >= 15 is 0 Å². The van der Waals surface area contributed by atoms with Crippen LogP contribution in [0.25, 0.3) is 6.08 Å². The number of nitrogen functional groups attached to an aromatic ring is 1. The summed E-state index contributed by atoms with van der Waals surface area (Å²) in [5.74, 6) is 0.266. The Labute approximate surface area is 114 Å². The Morgan fingerprint density at radius 1 is 1.53 bits per heavy atom. The molecular formula is C11H16Cl2N4. The lowest BCUT2D eigenvalue weighted by atomic mass is 10.1. The van der Waals surface area contributed by atoms with Gasteiger partial charge in [-0.1, -0.05) is 12.2 Å². The first-order valence-electron chi connectivity index (χ1n) is 4.71. The van der Waals surface area contributed by atoms with Gasteiger partial charge in [0, 0.05) is 12.2 Å². The summed E-state index contributed by atoms with van der Waals surface area (Å²) in [6, 6.07) is 3.83. The topological polar surface area (TPSA) is 88.7 Å². The van der Waals surface area contributed by atoms with Gasteiger partial charge in [0.05, 0.1) is 5.56 Å². The van der Waals surface area contributed by atoms with E-state index < -0.39 is 0 Å². The second kappa shape index (κ2) is 8.82. The Morgan fingerprint density at radius 2 is 2.18 bits per heavy atom. The smallest absolute Gasteiger partial charge is 0.141 e. The van der Waals surface area contributed by atoms with Gasteiger partial charge in [-0.05, 0) is 25.0 Å². The minimum absolute atomic E-state index is 0. The Hall–Kier alpha value is -1.28. The molecule has 0 spiro atoms. The van der Waals surface area contributed by atoms with E-state index in [-0.39, 0.29) is 36.7 Å². The third-order valence-electron chi connectivity index (χ3n) is 1.88. The molecule has 4 nitrogen and oxygen atoms in total. The van der Waals surface area contributed by atoms with Crippen LogP contribution in [0.1, 0.15) is 24.5 Å². The van der Waals surface area contributed by atoms with Crippen LogP contribution in [0, 0.1) is 11.3 Å². The highest BCUT2D eigenvalue weighted by Gasteiger charge is 1.99. The lowest BCUT2D eigenvalue weighted by Gasteiger charge is -1.99. The molecule has 1 atom stereocenters. The molecule has 94 valence electrons. The van der Waals surface area contributed by atoms with Gasteiger partial charge in [-0.15, -0.1) is 24.8 Å². The molecule has 0 aromatic carbocycles. The van der Waals surface area contributed by atoms with Gasteiger partial charge in [-0.2, -0.15) is 5.26 Å². The van der Waals surface area contributed by atoms with Gasteiger partial charge >= 0.3 is 0 Å². The molecule has 0 unspecified atom stereocenters. The van der Waals surface area contributed by atoms with Crippen LogP contribution in [0.4, 0.5) is 5.82 Å². The monoisotopic (exact) mass is 274 g/mol. The fraction of sp³-hybridized carbons (Fsp3) is 0.273. The summed E-state index contributed by atoms with van der Waals surface area (Å²) in [5, 5.41) is 8.74. The number of hydrogen-bond donors (Lipinski definition) is 2. The molecule has 0 aliphatic carbocycles. The average Bonchev–Trinajstić information content (AvgIpc) is 2.20. The summed E-state index contributed by atoms with van der Waals surface area (Å²) in [6.45, 7) is 1.94. The van der Waals surface area contributed by atoms with Gasteiger partial charge < -0.3 is 11.5 Å². The van der Waals surface area contributed by atoms with Crippen molar-refractivity contribution in [1.82, 2.24) is 4.98 Å². The zero-order valence-electron chi connectivity index (χ0n) is 9.46. The first kappa shape index (κ1) is 18.1. The van der Waals surface area contributed by atoms with Crippen LogP contribution in [0.2, 0.25) is 0 Å². The summed E-state index contributed by atoms with van der Waals surface area (Å²) < 4.78 is 0. The molecule has 0 radical (unpaired) electrons. The normalized spacial score (nSPS) is 11.1. The average molecular weight is 275 g/mol. The van der Waals surface area contributed by atoms with Gasteiger partial charge in [-0.3, -0.25) is 0 Å². The molecule has 17 heavy (non-hydrogen) atoms. The fourth-order valence-corrected chi connectivity index (χ4v) is 1.09. The van der Waals surface area contributed by atoms with E-state index in [9.17, 15) is 0 Å². The first-order chi connectivity index (χ1) is 7.13. The van der Waals surface area contributed by atoms with E-state index in [1.54, 1.807) is 12.3 Å². The lowest BCUT2D eigenvalue weighted by molar-refractivity contribution is 0.759. The number of rotatable bonds is 3. The third-order valence-corrected chi connectivity index (χ3v) is 1.88. The van der Waals surface area contributed by atoms with Crippen molar-refractivity contribution in [2.24, 2.45) is 5.73 Å². The van der Waals surface area contributed by atoms with E-state index in [1.807, 2.05) is 25.1 Å². The number of nitrogens with zero attached hydrogens (tertiary/aromatic N) is 2. The molecule has 0 aliphatic rings. The van der Waals surface area contributed by atoms with Crippen LogP contribution in [-0.4, -0.2) is 11.0 Å². The van der Waals surface area contributed by atoms with Crippen molar-refractivity contribution >= 4 is 36.7 Å². The lowest BCUT2D eigenvalue weighted by Crippen LogP contribution is -2.12. The number of nitrogens with two attached hydrogens (primary N) is 2. The highest BCUT2D eigenvalue weighted by molar-refractivity contribution is 5.85. The second-order valence-electron chi connectivity index (χ2n) is 3.43. The third kappa shape index (κ3) is 6.12. The maximum Gasteiger partial charge on any atom is 0.141 e. The SMILES string of the molecule is C[C@H](N)C/C=C/c1cnc(N)c(C#N)c1.Cl.Cl. The molecule has 1 aromatic rings. The van der Waals surface area contributed by atoms with Crippen LogP contribution in [0.3, 0.4) is 0 Å². The molecule has 0 saturated carbocycles. The van der Waals surface area contributed by atoms with Crippen molar-refractivity contribution in [3.8, 4) is 6.07 Å². The highest BCUT2D eigenvalue weighted by atomic mass is 35.5. The molecule has 0 saturated heterocycles. The maximum absolute atomic E-state index is 8.74.